The van der Waals surface area contributed by atoms with Gasteiger partial charge in [0.15, 0.2) is 6.61 Å². The first-order valence-electron chi connectivity index (χ1n) is 6.54. The Labute approximate surface area is 117 Å². The molecule has 0 saturated heterocycles. The zero-order valence-corrected chi connectivity index (χ0v) is 11.0. The zero-order valence-electron chi connectivity index (χ0n) is 11.0. The maximum absolute atomic E-state index is 12.0. The van der Waals surface area contributed by atoms with E-state index >= 15 is 0 Å². The molecule has 1 heterocycles. The number of hydrogen-bond acceptors (Lipinski definition) is 3. The third-order valence-corrected chi connectivity index (χ3v) is 3.35. The lowest BCUT2D eigenvalue weighted by atomic mass is 10.1. The highest BCUT2D eigenvalue weighted by Gasteiger charge is 2.25. The Kier molecular flexibility index (Phi) is 3.29. The molecule has 0 spiro atoms. The number of amides is 1. The van der Waals surface area contributed by atoms with Gasteiger partial charge in [0.2, 0.25) is 0 Å². The Morgan fingerprint density at radius 3 is 2.75 bits per heavy atom. The molecule has 4 heteroatoms. The standard InChI is InChI=1S/C16H15NO3/c18-13-6-7-14-15(10-13)20-11-16(19)17(14)9-8-12-4-2-1-3-5-12/h1-7,10,18H,8-9,11H2. The van der Waals surface area contributed by atoms with Crippen LogP contribution in [0.2, 0.25) is 0 Å². The van der Waals surface area contributed by atoms with Crippen molar-refractivity contribution < 1.29 is 14.6 Å². The van der Waals surface area contributed by atoms with Crippen molar-refractivity contribution in [3.63, 3.8) is 0 Å². The highest BCUT2D eigenvalue weighted by molar-refractivity contribution is 5.97. The summed E-state index contributed by atoms with van der Waals surface area (Å²) in [7, 11) is 0. The summed E-state index contributed by atoms with van der Waals surface area (Å²) in [6, 6.07) is 14.9. The second-order valence-electron chi connectivity index (χ2n) is 4.72. The van der Waals surface area contributed by atoms with Crippen LogP contribution in [0.4, 0.5) is 5.69 Å². The minimum atomic E-state index is -0.0564. The predicted molar refractivity (Wildman–Crippen MR) is 76.1 cm³/mol. The molecule has 0 atom stereocenters. The van der Waals surface area contributed by atoms with E-state index in [1.165, 1.54) is 11.6 Å². The summed E-state index contributed by atoms with van der Waals surface area (Å²) >= 11 is 0. The van der Waals surface area contributed by atoms with Gasteiger partial charge in [0.25, 0.3) is 5.91 Å². The summed E-state index contributed by atoms with van der Waals surface area (Å²) in [6.07, 6.45) is 0.785. The van der Waals surface area contributed by atoms with Crippen molar-refractivity contribution in [1.82, 2.24) is 0 Å². The van der Waals surface area contributed by atoms with Crippen LogP contribution < -0.4 is 9.64 Å². The molecule has 0 radical (unpaired) electrons. The number of ether oxygens (including phenoxy) is 1. The van der Waals surface area contributed by atoms with Crippen LogP contribution in [0.15, 0.2) is 48.5 Å². The van der Waals surface area contributed by atoms with E-state index in [1.54, 1.807) is 17.0 Å². The van der Waals surface area contributed by atoms with Crippen LogP contribution in [0.25, 0.3) is 0 Å². The van der Waals surface area contributed by atoms with E-state index in [0.29, 0.717) is 12.3 Å². The molecule has 0 saturated carbocycles. The number of carbonyl (C=O) groups is 1. The number of hydrogen-bond donors (Lipinski definition) is 1. The number of aromatic hydroxyl groups is 1. The Hall–Kier alpha value is -2.49. The summed E-state index contributed by atoms with van der Waals surface area (Å²) in [5.41, 5.74) is 1.90. The van der Waals surface area contributed by atoms with Gasteiger partial charge in [-0.2, -0.15) is 0 Å². The third-order valence-electron chi connectivity index (χ3n) is 3.35. The molecule has 0 unspecified atom stereocenters. The molecule has 1 amide bonds. The van der Waals surface area contributed by atoms with Crippen LogP contribution in [0, 0.1) is 0 Å². The van der Waals surface area contributed by atoms with Crippen molar-refractivity contribution >= 4 is 11.6 Å². The molecule has 0 fully saturated rings. The van der Waals surface area contributed by atoms with E-state index in [2.05, 4.69) is 0 Å². The van der Waals surface area contributed by atoms with Gasteiger partial charge in [-0.1, -0.05) is 30.3 Å². The molecule has 20 heavy (non-hydrogen) atoms. The summed E-state index contributed by atoms with van der Waals surface area (Å²) in [6.45, 7) is 0.620. The monoisotopic (exact) mass is 269 g/mol. The van der Waals surface area contributed by atoms with Crippen LogP contribution in [0.1, 0.15) is 5.56 Å². The van der Waals surface area contributed by atoms with Crippen LogP contribution >= 0.6 is 0 Å². The SMILES string of the molecule is O=C1COc2cc(O)ccc2N1CCc1ccccc1. The van der Waals surface area contributed by atoms with Crippen molar-refractivity contribution in [2.45, 2.75) is 6.42 Å². The first-order valence-corrected chi connectivity index (χ1v) is 6.54. The van der Waals surface area contributed by atoms with Crippen LogP contribution in [0.3, 0.4) is 0 Å². The number of benzene rings is 2. The van der Waals surface area contributed by atoms with Crippen molar-refractivity contribution in [1.29, 1.82) is 0 Å². The third kappa shape index (κ3) is 2.45. The van der Waals surface area contributed by atoms with Crippen LogP contribution in [0.5, 0.6) is 11.5 Å². The minimum Gasteiger partial charge on any atom is -0.508 e. The summed E-state index contributed by atoms with van der Waals surface area (Å²) in [5, 5.41) is 9.46. The molecule has 0 aromatic heterocycles. The van der Waals surface area contributed by atoms with E-state index in [9.17, 15) is 9.90 Å². The summed E-state index contributed by atoms with van der Waals surface area (Å²) in [5.74, 6) is 0.637. The highest BCUT2D eigenvalue weighted by Crippen LogP contribution is 2.34. The van der Waals surface area contributed by atoms with Gasteiger partial charge in [0.05, 0.1) is 5.69 Å². The fourth-order valence-corrected chi connectivity index (χ4v) is 2.32. The zero-order chi connectivity index (χ0) is 13.9. The fraction of sp³-hybridized carbons (Fsp3) is 0.188. The topological polar surface area (TPSA) is 49.8 Å². The number of nitrogens with zero attached hydrogens (tertiary/aromatic N) is 1. The van der Waals surface area contributed by atoms with E-state index in [4.69, 9.17) is 4.74 Å². The van der Waals surface area contributed by atoms with Crippen molar-refractivity contribution in [3.8, 4) is 11.5 Å². The Balaban J connectivity index is 1.81. The molecule has 1 aliphatic heterocycles. The molecule has 2 aromatic carbocycles. The quantitative estimate of drug-likeness (QED) is 0.930. The van der Waals surface area contributed by atoms with Gasteiger partial charge in [-0.05, 0) is 24.1 Å². The molecule has 0 aliphatic carbocycles. The Bertz CT molecular complexity index is 625. The molecular weight excluding hydrogens is 254 g/mol. The van der Waals surface area contributed by atoms with Gasteiger partial charge in [0, 0.05) is 12.6 Å². The average molecular weight is 269 g/mol. The molecule has 102 valence electrons. The van der Waals surface area contributed by atoms with E-state index in [-0.39, 0.29) is 18.3 Å². The number of carbonyl (C=O) groups excluding carboxylic acids is 1. The molecular formula is C16H15NO3. The largest absolute Gasteiger partial charge is 0.508 e. The van der Waals surface area contributed by atoms with E-state index in [1.807, 2.05) is 30.3 Å². The van der Waals surface area contributed by atoms with Gasteiger partial charge < -0.3 is 14.7 Å². The molecule has 1 aliphatic rings. The average Bonchev–Trinajstić information content (AvgIpc) is 2.47. The number of fused-ring (bicyclic) bond motifs is 1. The lowest BCUT2D eigenvalue weighted by molar-refractivity contribution is -0.121. The van der Waals surface area contributed by atoms with Crippen LogP contribution in [-0.4, -0.2) is 24.2 Å². The van der Waals surface area contributed by atoms with Crippen molar-refractivity contribution in [2.75, 3.05) is 18.1 Å². The second-order valence-corrected chi connectivity index (χ2v) is 4.72. The maximum Gasteiger partial charge on any atom is 0.265 e. The summed E-state index contributed by atoms with van der Waals surface area (Å²) < 4.78 is 5.35. The first-order chi connectivity index (χ1) is 9.74. The predicted octanol–water partition coefficient (Wildman–Crippen LogP) is 2.36. The normalized spacial score (nSPS) is 13.8. The molecule has 3 rings (SSSR count). The number of rotatable bonds is 3. The molecule has 4 nitrogen and oxygen atoms in total. The minimum absolute atomic E-state index is 0.0191. The second kappa shape index (κ2) is 5.25. The van der Waals surface area contributed by atoms with E-state index < -0.39 is 0 Å². The smallest absolute Gasteiger partial charge is 0.265 e. The Morgan fingerprint density at radius 1 is 1.15 bits per heavy atom. The number of phenolic OH excluding ortho intramolecular Hbond substituents is 1. The number of anilines is 1. The number of phenols is 1. The molecule has 2 aromatic rings. The van der Waals surface area contributed by atoms with Gasteiger partial charge in [-0.3, -0.25) is 4.79 Å². The first kappa shape index (κ1) is 12.5. The Morgan fingerprint density at radius 2 is 1.95 bits per heavy atom. The fourth-order valence-electron chi connectivity index (χ4n) is 2.32. The lowest BCUT2D eigenvalue weighted by Gasteiger charge is -2.29. The summed E-state index contributed by atoms with van der Waals surface area (Å²) in [4.78, 5) is 13.7. The maximum atomic E-state index is 12.0. The van der Waals surface area contributed by atoms with Gasteiger partial charge in [0.1, 0.15) is 11.5 Å². The van der Waals surface area contributed by atoms with Gasteiger partial charge >= 0.3 is 0 Å². The van der Waals surface area contributed by atoms with Gasteiger partial charge in [-0.15, -0.1) is 0 Å². The van der Waals surface area contributed by atoms with Crippen molar-refractivity contribution in [2.24, 2.45) is 0 Å². The van der Waals surface area contributed by atoms with E-state index in [0.717, 1.165) is 12.1 Å². The molecule has 1 N–H and O–H groups in total. The molecule has 0 bridgehead atoms. The highest BCUT2D eigenvalue weighted by atomic mass is 16.5. The van der Waals surface area contributed by atoms with Gasteiger partial charge in [-0.25, -0.2) is 0 Å². The lowest BCUT2D eigenvalue weighted by Crippen LogP contribution is -2.40. The van der Waals surface area contributed by atoms with Crippen molar-refractivity contribution in [3.05, 3.63) is 54.1 Å². The van der Waals surface area contributed by atoms with Crippen LogP contribution in [-0.2, 0) is 11.2 Å².